The summed E-state index contributed by atoms with van der Waals surface area (Å²) in [6, 6.07) is 3.96. The highest BCUT2D eigenvalue weighted by molar-refractivity contribution is 5.79. The molecule has 1 atom stereocenters. The van der Waals surface area contributed by atoms with E-state index in [0.717, 1.165) is 50.0 Å². The Bertz CT molecular complexity index is 738. The molecule has 2 aliphatic heterocycles. The summed E-state index contributed by atoms with van der Waals surface area (Å²) in [5.41, 5.74) is 7.93. The van der Waals surface area contributed by atoms with Gasteiger partial charge in [-0.2, -0.15) is 5.10 Å². The standard InChI is InChI=1S/C17H23N5O2/c18-17-20-15(10-14-3-6-19-22(14)17)13-2-1-7-21(11-13)16(23)12-4-8-24-9-5-12/h3,6,10,12-13H,1-2,4-5,7-9,11H2,(H2,18,20)/t13-/m1/s1. The number of aromatic nitrogens is 3. The zero-order valence-electron chi connectivity index (χ0n) is 13.7. The Morgan fingerprint density at radius 3 is 2.96 bits per heavy atom. The normalized spacial score (nSPS) is 22.8. The Labute approximate surface area is 140 Å². The first-order valence-corrected chi connectivity index (χ1v) is 8.69. The smallest absolute Gasteiger partial charge is 0.225 e. The van der Waals surface area contributed by atoms with E-state index in [0.29, 0.717) is 19.2 Å². The maximum Gasteiger partial charge on any atom is 0.225 e. The number of carbonyl (C=O) groups excluding carboxylic acids is 1. The van der Waals surface area contributed by atoms with Crippen LogP contribution in [0.4, 0.5) is 5.95 Å². The van der Waals surface area contributed by atoms with Crippen molar-refractivity contribution in [1.82, 2.24) is 19.5 Å². The van der Waals surface area contributed by atoms with Gasteiger partial charge in [-0.25, -0.2) is 9.50 Å². The van der Waals surface area contributed by atoms with Crippen molar-refractivity contribution in [3.05, 3.63) is 24.0 Å². The summed E-state index contributed by atoms with van der Waals surface area (Å²) in [6.07, 6.45) is 5.44. The van der Waals surface area contributed by atoms with Crippen LogP contribution >= 0.6 is 0 Å². The molecule has 0 unspecified atom stereocenters. The Hall–Kier alpha value is -2.15. The van der Waals surface area contributed by atoms with Gasteiger partial charge in [0.2, 0.25) is 11.9 Å². The molecule has 128 valence electrons. The predicted molar refractivity (Wildman–Crippen MR) is 89.5 cm³/mol. The molecule has 4 heterocycles. The van der Waals surface area contributed by atoms with Crippen LogP contribution in [0.25, 0.3) is 5.52 Å². The maximum absolute atomic E-state index is 12.8. The highest BCUT2D eigenvalue weighted by atomic mass is 16.5. The third-order valence-electron chi connectivity index (χ3n) is 5.15. The Balaban J connectivity index is 1.52. The predicted octanol–water partition coefficient (Wildman–Crippen LogP) is 1.44. The first-order chi connectivity index (χ1) is 11.7. The van der Waals surface area contributed by atoms with E-state index >= 15 is 0 Å². The van der Waals surface area contributed by atoms with E-state index in [1.807, 2.05) is 17.0 Å². The number of hydrogen-bond donors (Lipinski definition) is 1. The number of ether oxygens (including phenoxy) is 1. The number of nitrogens with zero attached hydrogens (tertiary/aromatic N) is 4. The molecule has 0 radical (unpaired) electrons. The number of rotatable bonds is 2. The van der Waals surface area contributed by atoms with Gasteiger partial charge in [-0.3, -0.25) is 4.79 Å². The second-order valence-corrected chi connectivity index (χ2v) is 6.72. The third kappa shape index (κ3) is 2.84. The molecule has 2 N–H and O–H groups in total. The topological polar surface area (TPSA) is 85.8 Å². The second-order valence-electron chi connectivity index (χ2n) is 6.72. The molecule has 2 aromatic rings. The van der Waals surface area contributed by atoms with Gasteiger partial charge in [-0.05, 0) is 37.8 Å². The third-order valence-corrected chi connectivity index (χ3v) is 5.15. The van der Waals surface area contributed by atoms with Crippen LogP contribution in [0, 0.1) is 5.92 Å². The number of nitrogen functional groups attached to an aromatic ring is 1. The van der Waals surface area contributed by atoms with E-state index in [1.54, 1.807) is 10.7 Å². The molecule has 0 aliphatic carbocycles. The van der Waals surface area contributed by atoms with Crippen molar-refractivity contribution in [1.29, 1.82) is 0 Å². The average Bonchev–Trinajstić information content (AvgIpc) is 3.11. The molecule has 2 fully saturated rings. The van der Waals surface area contributed by atoms with Crippen molar-refractivity contribution in [3.8, 4) is 0 Å². The van der Waals surface area contributed by atoms with Crippen LogP contribution in [0.3, 0.4) is 0 Å². The van der Waals surface area contributed by atoms with Crippen LogP contribution in [0.5, 0.6) is 0 Å². The lowest BCUT2D eigenvalue weighted by atomic mass is 9.91. The second kappa shape index (κ2) is 6.39. The fourth-order valence-electron chi connectivity index (χ4n) is 3.81. The van der Waals surface area contributed by atoms with E-state index in [1.165, 1.54) is 0 Å². The first kappa shape index (κ1) is 15.4. The van der Waals surface area contributed by atoms with Crippen molar-refractivity contribution in [2.45, 2.75) is 31.6 Å². The summed E-state index contributed by atoms with van der Waals surface area (Å²) in [6.45, 7) is 2.97. The fraction of sp³-hybridized carbons (Fsp3) is 0.588. The summed E-state index contributed by atoms with van der Waals surface area (Å²) < 4.78 is 7.01. The molecule has 7 nitrogen and oxygen atoms in total. The minimum absolute atomic E-state index is 0.118. The first-order valence-electron chi connectivity index (χ1n) is 8.69. The fourth-order valence-corrected chi connectivity index (χ4v) is 3.81. The molecule has 0 spiro atoms. The number of hydrogen-bond acceptors (Lipinski definition) is 5. The monoisotopic (exact) mass is 329 g/mol. The molecule has 24 heavy (non-hydrogen) atoms. The molecule has 0 saturated carbocycles. The van der Waals surface area contributed by atoms with Gasteiger partial charge in [0.15, 0.2) is 0 Å². The lowest BCUT2D eigenvalue weighted by molar-refractivity contribution is -0.139. The average molecular weight is 329 g/mol. The van der Waals surface area contributed by atoms with E-state index in [2.05, 4.69) is 10.1 Å². The van der Waals surface area contributed by atoms with Crippen molar-refractivity contribution < 1.29 is 9.53 Å². The van der Waals surface area contributed by atoms with Crippen LogP contribution in [0.2, 0.25) is 0 Å². The van der Waals surface area contributed by atoms with Crippen molar-refractivity contribution in [2.75, 3.05) is 32.0 Å². The SMILES string of the molecule is Nc1nc([C@@H]2CCCN(C(=O)C3CCOCC3)C2)cc2ccnn12. The molecule has 2 aromatic heterocycles. The van der Waals surface area contributed by atoms with Crippen molar-refractivity contribution in [2.24, 2.45) is 5.92 Å². The van der Waals surface area contributed by atoms with E-state index < -0.39 is 0 Å². The van der Waals surface area contributed by atoms with Crippen LogP contribution < -0.4 is 5.73 Å². The van der Waals surface area contributed by atoms with Gasteiger partial charge >= 0.3 is 0 Å². The molecule has 0 bridgehead atoms. The lowest BCUT2D eigenvalue weighted by Gasteiger charge is -2.35. The van der Waals surface area contributed by atoms with Gasteiger partial charge < -0.3 is 15.4 Å². The Morgan fingerprint density at radius 1 is 1.29 bits per heavy atom. The number of amides is 1. The molecule has 2 saturated heterocycles. The molecular formula is C17H23N5O2. The zero-order chi connectivity index (χ0) is 16.5. The van der Waals surface area contributed by atoms with E-state index in [4.69, 9.17) is 10.5 Å². The number of likely N-dealkylation sites (tertiary alicyclic amines) is 1. The largest absolute Gasteiger partial charge is 0.381 e. The Kier molecular flexibility index (Phi) is 4.10. The molecule has 4 rings (SSSR count). The van der Waals surface area contributed by atoms with Crippen molar-refractivity contribution >= 4 is 17.4 Å². The van der Waals surface area contributed by atoms with Gasteiger partial charge in [0.25, 0.3) is 0 Å². The molecule has 2 aliphatic rings. The molecule has 0 aromatic carbocycles. The van der Waals surface area contributed by atoms with Crippen molar-refractivity contribution in [3.63, 3.8) is 0 Å². The van der Waals surface area contributed by atoms with Gasteiger partial charge in [0, 0.05) is 38.1 Å². The summed E-state index contributed by atoms with van der Waals surface area (Å²) in [7, 11) is 0. The van der Waals surface area contributed by atoms with Crippen LogP contribution in [-0.4, -0.2) is 51.7 Å². The van der Waals surface area contributed by atoms with Crippen LogP contribution in [0.15, 0.2) is 18.3 Å². The summed E-state index contributed by atoms with van der Waals surface area (Å²) in [5, 5.41) is 4.16. The number of fused-ring (bicyclic) bond motifs is 1. The highest BCUT2D eigenvalue weighted by Gasteiger charge is 2.31. The van der Waals surface area contributed by atoms with Gasteiger partial charge in [0.1, 0.15) is 0 Å². The van der Waals surface area contributed by atoms with Gasteiger partial charge in [0.05, 0.1) is 17.4 Å². The summed E-state index contributed by atoms with van der Waals surface area (Å²) in [4.78, 5) is 19.3. The number of piperidine rings is 1. The quantitative estimate of drug-likeness (QED) is 0.901. The van der Waals surface area contributed by atoms with E-state index in [-0.39, 0.29) is 17.7 Å². The number of anilines is 1. The minimum atomic E-state index is 0.118. The van der Waals surface area contributed by atoms with E-state index in [9.17, 15) is 4.79 Å². The number of carbonyl (C=O) groups is 1. The van der Waals surface area contributed by atoms with Gasteiger partial charge in [-0.1, -0.05) is 0 Å². The zero-order valence-corrected chi connectivity index (χ0v) is 13.7. The summed E-state index contributed by atoms with van der Waals surface area (Å²) >= 11 is 0. The van der Waals surface area contributed by atoms with Crippen LogP contribution in [0.1, 0.15) is 37.3 Å². The summed E-state index contributed by atoms with van der Waals surface area (Å²) in [5.74, 6) is 1.04. The molecular weight excluding hydrogens is 306 g/mol. The van der Waals surface area contributed by atoms with Crippen LogP contribution in [-0.2, 0) is 9.53 Å². The number of nitrogens with two attached hydrogens (primary N) is 1. The minimum Gasteiger partial charge on any atom is -0.381 e. The Morgan fingerprint density at radius 2 is 2.12 bits per heavy atom. The lowest BCUT2D eigenvalue weighted by Crippen LogP contribution is -2.43. The highest BCUT2D eigenvalue weighted by Crippen LogP contribution is 2.29. The maximum atomic E-state index is 12.8. The molecule has 7 heteroatoms. The molecule has 1 amide bonds. The van der Waals surface area contributed by atoms with Gasteiger partial charge in [-0.15, -0.1) is 0 Å².